The van der Waals surface area contributed by atoms with Crippen LogP contribution >= 0.6 is 0 Å². The Balaban J connectivity index is 2.42. The van der Waals surface area contributed by atoms with Gasteiger partial charge in [-0.3, -0.25) is 10.1 Å². The zero-order valence-corrected chi connectivity index (χ0v) is 12.3. The van der Waals surface area contributed by atoms with Crippen LogP contribution in [0, 0.1) is 28.4 Å². The summed E-state index contributed by atoms with van der Waals surface area (Å²) in [6.07, 6.45) is 2.47. The van der Waals surface area contributed by atoms with Crippen molar-refractivity contribution in [3.8, 4) is 6.07 Å². The third kappa shape index (κ3) is 3.04. The number of nitrogens with zero attached hydrogens (tertiary/aromatic N) is 2. The van der Waals surface area contributed by atoms with Crippen LogP contribution in [0.2, 0.25) is 0 Å². The monoisotopic (exact) mass is 309 g/mol. The van der Waals surface area contributed by atoms with E-state index in [0.717, 1.165) is 18.9 Å². The molecule has 1 aromatic carbocycles. The maximum absolute atomic E-state index is 12.5. The van der Waals surface area contributed by atoms with E-state index in [1.54, 1.807) is 6.92 Å². The van der Waals surface area contributed by atoms with E-state index in [4.69, 9.17) is 0 Å². The Bertz CT molecular complexity index is 715. The summed E-state index contributed by atoms with van der Waals surface area (Å²) in [5.41, 5.74) is -0.992. The summed E-state index contributed by atoms with van der Waals surface area (Å²) in [7, 11) is -3.98. The number of nitriles is 1. The first kappa shape index (κ1) is 15.4. The molecule has 0 heterocycles. The summed E-state index contributed by atoms with van der Waals surface area (Å²) in [5, 5.41) is 20.0. The molecule has 0 aromatic heterocycles. The van der Waals surface area contributed by atoms with E-state index in [1.165, 1.54) is 12.1 Å². The van der Waals surface area contributed by atoms with Crippen LogP contribution in [0.25, 0.3) is 0 Å². The highest BCUT2D eigenvalue weighted by Crippen LogP contribution is 2.31. The number of nitro groups is 1. The third-order valence-electron chi connectivity index (χ3n) is 3.67. The van der Waals surface area contributed by atoms with Gasteiger partial charge in [0.1, 0.15) is 5.54 Å². The fourth-order valence-corrected chi connectivity index (χ4v) is 4.16. The Kier molecular flexibility index (Phi) is 3.98. The molecule has 1 aliphatic rings. The minimum atomic E-state index is -3.98. The fourth-order valence-electron chi connectivity index (χ4n) is 2.52. The third-order valence-corrected chi connectivity index (χ3v) is 5.35. The van der Waals surface area contributed by atoms with Crippen LogP contribution in [0.3, 0.4) is 0 Å². The summed E-state index contributed by atoms with van der Waals surface area (Å²) >= 11 is 0. The normalized spacial score (nSPS) is 17.3. The van der Waals surface area contributed by atoms with Gasteiger partial charge in [0.05, 0.1) is 15.9 Å². The van der Waals surface area contributed by atoms with E-state index in [1.807, 2.05) is 6.07 Å². The number of hydrogen-bond acceptors (Lipinski definition) is 5. The topological polar surface area (TPSA) is 113 Å². The largest absolute Gasteiger partial charge is 0.270 e. The van der Waals surface area contributed by atoms with Crippen LogP contribution in [-0.2, 0) is 10.0 Å². The molecule has 0 saturated heterocycles. The molecule has 0 bridgehead atoms. The minimum absolute atomic E-state index is 0.154. The van der Waals surface area contributed by atoms with E-state index in [0.29, 0.717) is 18.4 Å². The van der Waals surface area contributed by atoms with Gasteiger partial charge in [-0.2, -0.15) is 9.98 Å². The van der Waals surface area contributed by atoms with Gasteiger partial charge >= 0.3 is 0 Å². The van der Waals surface area contributed by atoms with Crippen molar-refractivity contribution in [1.29, 1.82) is 5.26 Å². The number of nitrogens with one attached hydrogen (secondary N) is 1. The van der Waals surface area contributed by atoms with Crippen molar-refractivity contribution in [2.24, 2.45) is 0 Å². The van der Waals surface area contributed by atoms with Gasteiger partial charge in [0.15, 0.2) is 0 Å². The number of rotatable bonds is 4. The fraction of sp³-hybridized carbons (Fsp3) is 0.462. The van der Waals surface area contributed by atoms with E-state index < -0.39 is 20.5 Å². The smallest absolute Gasteiger partial charge is 0.258 e. The molecule has 21 heavy (non-hydrogen) atoms. The van der Waals surface area contributed by atoms with Gasteiger partial charge in [0.2, 0.25) is 10.0 Å². The summed E-state index contributed by atoms with van der Waals surface area (Å²) < 4.78 is 27.4. The molecule has 1 N–H and O–H groups in total. The van der Waals surface area contributed by atoms with Crippen molar-refractivity contribution >= 4 is 15.7 Å². The lowest BCUT2D eigenvalue weighted by atomic mass is 10.0. The summed E-state index contributed by atoms with van der Waals surface area (Å²) in [5.74, 6) is 0. The van der Waals surface area contributed by atoms with E-state index in [-0.39, 0.29) is 10.6 Å². The molecule has 1 aromatic rings. The summed E-state index contributed by atoms with van der Waals surface area (Å²) in [6.45, 7) is 1.56. The zero-order chi connectivity index (χ0) is 15.7. The molecular weight excluding hydrogens is 294 g/mol. The lowest BCUT2D eigenvalue weighted by Gasteiger charge is -2.22. The average Bonchev–Trinajstić information content (AvgIpc) is 2.87. The first-order chi connectivity index (χ1) is 9.80. The van der Waals surface area contributed by atoms with Crippen molar-refractivity contribution in [2.45, 2.75) is 43.0 Å². The van der Waals surface area contributed by atoms with Gasteiger partial charge in [-0.1, -0.05) is 18.9 Å². The highest BCUT2D eigenvalue weighted by atomic mass is 32.2. The molecule has 0 atom stereocenters. The van der Waals surface area contributed by atoms with Crippen molar-refractivity contribution in [3.63, 3.8) is 0 Å². The molecule has 0 amide bonds. The highest BCUT2D eigenvalue weighted by molar-refractivity contribution is 7.89. The van der Waals surface area contributed by atoms with Crippen LogP contribution in [0.1, 0.15) is 31.2 Å². The molecule has 0 radical (unpaired) electrons. The second kappa shape index (κ2) is 5.42. The Hall–Kier alpha value is -1.98. The van der Waals surface area contributed by atoms with Crippen LogP contribution in [-0.4, -0.2) is 18.9 Å². The maximum atomic E-state index is 12.5. The Labute approximate surface area is 122 Å². The molecule has 2 rings (SSSR count). The van der Waals surface area contributed by atoms with Gasteiger partial charge in [-0.25, -0.2) is 8.42 Å². The molecule has 8 heteroatoms. The van der Waals surface area contributed by atoms with Crippen LogP contribution < -0.4 is 4.72 Å². The van der Waals surface area contributed by atoms with Crippen molar-refractivity contribution in [2.75, 3.05) is 0 Å². The predicted molar refractivity (Wildman–Crippen MR) is 75.0 cm³/mol. The molecular formula is C13H15N3O4S. The van der Waals surface area contributed by atoms with E-state index >= 15 is 0 Å². The number of sulfonamides is 1. The highest BCUT2D eigenvalue weighted by Gasteiger charge is 2.38. The number of benzene rings is 1. The van der Waals surface area contributed by atoms with Gasteiger partial charge < -0.3 is 0 Å². The van der Waals surface area contributed by atoms with Gasteiger partial charge in [0.25, 0.3) is 5.69 Å². The summed E-state index contributed by atoms with van der Waals surface area (Å²) in [4.78, 5) is 9.99. The predicted octanol–water partition coefficient (Wildman–Crippen LogP) is 2.02. The molecule has 1 aliphatic carbocycles. The first-order valence-electron chi connectivity index (χ1n) is 6.50. The Morgan fingerprint density at radius 3 is 2.52 bits per heavy atom. The second-order valence-electron chi connectivity index (χ2n) is 5.21. The van der Waals surface area contributed by atoms with E-state index in [9.17, 15) is 23.8 Å². The van der Waals surface area contributed by atoms with Crippen LogP contribution in [0.15, 0.2) is 23.1 Å². The van der Waals surface area contributed by atoms with Gasteiger partial charge in [0, 0.05) is 12.1 Å². The maximum Gasteiger partial charge on any atom is 0.270 e. The number of hydrogen-bond donors (Lipinski definition) is 1. The van der Waals surface area contributed by atoms with Crippen molar-refractivity contribution < 1.29 is 13.3 Å². The molecule has 1 saturated carbocycles. The standard InChI is InChI=1S/C13H15N3O4S/c1-10-4-5-11(16(17)18)8-12(10)21(19,20)15-13(9-14)6-2-3-7-13/h4-5,8,15H,2-3,6-7H2,1H3. The van der Waals surface area contributed by atoms with Gasteiger partial charge in [-0.15, -0.1) is 0 Å². The number of non-ortho nitro benzene ring substituents is 1. The van der Waals surface area contributed by atoms with Crippen molar-refractivity contribution in [3.05, 3.63) is 33.9 Å². The minimum Gasteiger partial charge on any atom is -0.258 e. The molecule has 0 aliphatic heterocycles. The Morgan fingerprint density at radius 1 is 1.38 bits per heavy atom. The SMILES string of the molecule is Cc1ccc([N+](=O)[O-])cc1S(=O)(=O)NC1(C#N)CCCC1. The molecule has 1 fully saturated rings. The lowest BCUT2D eigenvalue weighted by molar-refractivity contribution is -0.385. The van der Waals surface area contributed by atoms with Crippen LogP contribution in [0.5, 0.6) is 0 Å². The quantitative estimate of drug-likeness (QED) is 0.675. The number of nitro benzene ring substituents is 1. The second-order valence-corrected chi connectivity index (χ2v) is 6.86. The van der Waals surface area contributed by atoms with Gasteiger partial charge in [-0.05, 0) is 25.3 Å². The number of aryl methyl sites for hydroxylation is 1. The summed E-state index contributed by atoms with van der Waals surface area (Å²) in [6, 6.07) is 5.70. The molecule has 7 nitrogen and oxygen atoms in total. The van der Waals surface area contributed by atoms with E-state index in [2.05, 4.69) is 4.72 Å². The molecule has 112 valence electrons. The van der Waals surface area contributed by atoms with Crippen LogP contribution in [0.4, 0.5) is 5.69 Å². The molecule has 0 unspecified atom stereocenters. The lowest BCUT2D eigenvalue weighted by Crippen LogP contribution is -2.45. The molecule has 0 spiro atoms. The van der Waals surface area contributed by atoms with Crippen molar-refractivity contribution in [1.82, 2.24) is 4.72 Å². The average molecular weight is 309 g/mol. The zero-order valence-electron chi connectivity index (χ0n) is 11.5. The Morgan fingerprint density at radius 2 is 2.00 bits per heavy atom. The first-order valence-corrected chi connectivity index (χ1v) is 7.98.